The maximum absolute atomic E-state index is 12.8. The molecule has 2 aliphatic heterocycles. The van der Waals surface area contributed by atoms with Crippen LogP contribution in [0.4, 0.5) is 5.95 Å². The van der Waals surface area contributed by atoms with Crippen LogP contribution >= 0.6 is 12.2 Å². The number of Topliss-reactive ketones (excluding diaryl/α,β-unsaturated/α-hetero) is 1. The number of hydrogen-bond acceptors (Lipinski definition) is 6. The molecule has 3 heterocycles. The van der Waals surface area contributed by atoms with E-state index in [-0.39, 0.29) is 11.7 Å². The lowest BCUT2D eigenvalue weighted by Crippen LogP contribution is -2.38. The SMILES string of the molecule is O=C(c1ccccc1)C1CCN(Cn2nc(N3CCOCC3)n(Cc3ccccc3)c2=S)CC1. The number of rotatable bonds is 7. The fourth-order valence-electron chi connectivity index (χ4n) is 4.79. The smallest absolute Gasteiger partial charge is 0.226 e. The number of benzene rings is 2. The van der Waals surface area contributed by atoms with Gasteiger partial charge in [0.25, 0.3) is 0 Å². The molecule has 5 rings (SSSR count). The fraction of sp³-hybridized carbons (Fsp3) is 0.423. The molecule has 0 atom stereocenters. The highest BCUT2D eigenvalue weighted by Crippen LogP contribution is 2.23. The van der Waals surface area contributed by atoms with Crippen LogP contribution in [0.1, 0.15) is 28.8 Å². The van der Waals surface area contributed by atoms with Crippen LogP contribution in [0.2, 0.25) is 0 Å². The summed E-state index contributed by atoms with van der Waals surface area (Å²) < 4.78 is 10.4. The van der Waals surface area contributed by atoms with Crippen LogP contribution in [-0.2, 0) is 18.0 Å². The van der Waals surface area contributed by atoms with Crippen LogP contribution in [0, 0.1) is 10.7 Å². The standard InChI is InChI=1S/C26H31N5O2S/c32-24(22-9-5-2-6-10-22)23-11-13-28(14-12-23)20-31-26(34)30(19-21-7-3-1-4-8-21)25(27-31)29-15-17-33-18-16-29/h1-10,23H,11-20H2. The number of likely N-dealkylation sites (tertiary alicyclic amines) is 1. The van der Waals surface area contributed by atoms with Crippen LogP contribution in [0.3, 0.4) is 0 Å². The van der Waals surface area contributed by atoms with Gasteiger partial charge >= 0.3 is 0 Å². The van der Waals surface area contributed by atoms with Gasteiger partial charge in [-0.3, -0.25) is 14.3 Å². The Labute approximate surface area is 205 Å². The zero-order valence-corrected chi connectivity index (χ0v) is 20.2. The van der Waals surface area contributed by atoms with Crippen LogP contribution in [0.5, 0.6) is 0 Å². The molecule has 0 radical (unpaired) electrons. The van der Waals surface area contributed by atoms with Gasteiger partial charge in [0.2, 0.25) is 10.7 Å². The van der Waals surface area contributed by atoms with Crippen molar-refractivity contribution >= 4 is 23.9 Å². The minimum Gasteiger partial charge on any atom is -0.378 e. The molecule has 0 aliphatic carbocycles. The van der Waals surface area contributed by atoms with E-state index in [4.69, 9.17) is 22.1 Å². The summed E-state index contributed by atoms with van der Waals surface area (Å²) in [6.45, 7) is 6.10. The van der Waals surface area contributed by atoms with Crippen LogP contribution in [-0.4, -0.2) is 64.4 Å². The molecule has 178 valence electrons. The monoisotopic (exact) mass is 477 g/mol. The molecule has 0 saturated carbocycles. The summed E-state index contributed by atoms with van der Waals surface area (Å²) in [5.74, 6) is 1.26. The number of carbonyl (C=O) groups is 1. The molecule has 0 amide bonds. The number of ketones is 1. The van der Waals surface area contributed by atoms with Crippen LogP contribution in [0.15, 0.2) is 60.7 Å². The highest BCUT2D eigenvalue weighted by Gasteiger charge is 2.27. The summed E-state index contributed by atoms with van der Waals surface area (Å²) in [6, 6.07) is 20.0. The second-order valence-corrected chi connectivity index (χ2v) is 9.38. The normalized spacial score (nSPS) is 17.7. The molecule has 2 fully saturated rings. The minimum absolute atomic E-state index is 0.0890. The number of aromatic nitrogens is 3. The van der Waals surface area contributed by atoms with Crippen molar-refractivity contribution in [2.45, 2.75) is 26.1 Å². The fourth-order valence-corrected chi connectivity index (χ4v) is 5.03. The molecular formula is C26H31N5O2S. The summed E-state index contributed by atoms with van der Waals surface area (Å²) in [7, 11) is 0. The topological polar surface area (TPSA) is 55.5 Å². The molecule has 2 aliphatic rings. The van der Waals surface area contributed by atoms with E-state index in [0.29, 0.717) is 26.4 Å². The Morgan fingerprint density at radius 1 is 0.941 bits per heavy atom. The van der Waals surface area contributed by atoms with Gasteiger partial charge in [-0.05, 0) is 30.6 Å². The van der Waals surface area contributed by atoms with E-state index < -0.39 is 0 Å². The van der Waals surface area contributed by atoms with E-state index >= 15 is 0 Å². The molecule has 34 heavy (non-hydrogen) atoms. The summed E-state index contributed by atoms with van der Waals surface area (Å²) in [5.41, 5.74) is 2.02. The van der Waals surface area contributed by atoms with E-state index in [1.54, 1.807) is 0 Å². The Morgan fingerprint density at radius 3 is 2.26 bits per heavy atom. The van der Waals surface area contributed by atoms with Gasteiger partial charge in [0.15, 0.2) is 5.78 Å². The molecule has 8 heteroatoms. The predicted octanol–water partition coefficient (Wildman–Crippen LogP) is 3.85. The van der Waals surface area contributed by atoms with Gasteiger partial charge in [-0.25, -0.2) is 4.68 Å². The zero-order chi connectivity index (χ0) is 23.3. The second-order valence-electron chi connectivity index (χ2n) is 9.02. The Hall–Kier alpha value is -2.81. The lowest BCUT2D eigenvalue weighted by Gasteiger charge is -2.31. The second kappa shape index (κ2) is 10.6. The molecule has 0 spiro atoms. The zero-order valence-electron chi connectivity index (χ0n) is 19.4. The molecule has 7 nitrogen and oxygen atoms in total. The van der Waals surface area contributed by atoms with Crippen molar-refractivity contribution in [3.63, 3.8) is 0 Å². The number of morpholine rings is 1. The van der Waals surface area contributed by atoms with Gasteiger partial charge < -0.3 is 9.64 Å². The van der Waals surface area contributed by atoms with Crippen molar-refractivity contribution < 1.29 is 9.53 Å². The first-order chi connectivity index (χ1) is 16.7. The van der Waals surface area contributed by atoms with Gasteiger partial charge in [0.1, 0.15) is 0 Å². The van der Waals surface area contributed by atoms with Crippen LogP contribution < -0.4 is 4.90 Å². The summed E-state index contributed by atoms with van der Waals surface area (Å²) >= 11 is 5.90. The molecule has 0 unspecified atom stereocenters. The van der Waals surface area contributed by atoms with Gasteiger partial charge in [-0.15, -0.1) is 5.10 Å². The molecule has 1 aromatic heterocycles. The lowest BCUT2D eigenvalue weighted by molar-refractivity contribution is 0.0803. The van der Waals surface area contributed by atoms with E-state index in [2.05, 4.69) is 38.6 Å². The predicted molar refractivity (Wildman–Crippen MR) is 135 cm³/mol. The van der Waals surface area contributed by atoms with Crippen molar-refractivity contribution in [2.75, 3.05) is 44.3 Å². The number of carbonyl (C=O) groups excluding carboxylic acids is 1. The van der Waals surface area contributed by atoms with E-state index in [0.717, 1.165) is 55.3 Å². The first kappa shape index (κ1) is 23.0. The third-order valence-corrected chi connectivity index (χ3v) is 7.16. The van der Waals surface area contributed by atoms with Gasteiger partial charge in [-0.2, -0.15) is 0 Å². The Morgan fingerprint density at radius 2 is 1.59 bits per heavy atom. The number of piperidine rings is 1. The minimum atomic E-state index is 0.0890. The largest absolute Gasteiger partial charge is 0.378 e. The average molecular weight is 478 g/mol. The van der Waals surface area contributed by atoms with Crippen molar-refractivity contribution in [3.05, 3.63) is 76.6 Å². The van der Waals surface area contributed by atoms with Crippen molar-refractivity contribution in [3.8, 4) is 0 Å². The quantitative estimate of drug-likeness (QED) is 0.381. The van der Waals surface area contributed by atoms with Gasteiger partial charge in [0.05, 0.1) is 26.4 Å². The van der Waals surface area contributed by atoms with Crippen molar-refractivity contribution in [1.82, 2.24) is 19.2 Å². The van der Waals surface area contributed by atoms with E-state index in [9.17, 15) is 4.79 Å². The van der Waals surface area contributed by atoms with Crippen molar-refractivity contribution in [2.24, 2.45) is 5.92 Å². The number of nitrogens with zero attached hydrogens (tertiary/aromatic N) is 5. The molecule has 2 saturated heterocycles. The third-order valence-electron chi connectivity index (χ3n) is 6.73. The first-order valence-corrected chi connectivity index (χ1v) is 12.5. The number of anilines is 1. The lowest BCUT2D eigenvalue weighted by atomic mass is 9.89. The summed E-state index contributed by atoms with van der Waals surface area (Å²) in [6.07, 6.45) is 1.73. The molecule has 2 aromatic carbocycles. The van der Waals surface area contributed by atoms with E-state index in [1.807, 2.05) is 41.1 Å². The molecular weight excluding hydrogens is 446 g/mol. The maximum Gasteiger partial charge on any atom is 0.226 e. The first-order valence-electron chi connectivity index (χ1n) is 12.0. The Kier molecular flexibility index (Phi) is 7.18. The van der Waals surface area contributed by atoms with Gasteiger partial charge in [-0.1, -0.05) is 60.7 Å². The Balaban J connectivity index is 1.30. The molecule has 3 aromatic rings. The molecule has 0 bridgehead atoms. The maximum atomic E-state index is 12.8. The highest BCUT2D eigenvalue weighted by atomic mass is 32.1. The summed E-state index contributed by atoms with van der Waals surface area (Å²) in [4.78, 5) is 17.5. The summed E-state index contributed by atoms with van der Waals surface area (Å²) in [5, 5.41) is 4.96. The van der Waals surface area contributed by atoms with Crippen molar-refractivity contribution in [1.29, 1.82) is 0 Å². The molecule has 0 N–H and O–H groups in total. The van der Waals surface area contributed by atoms with Crippen LogP contribution in [0.25, 0.3) is 0 Å². The average Bonchev–Trinajstić information content (AvgIpc) is 3.20. The third kappa shape index (κ3) is 5.14. The number of hydrogen-bond donors (Lipinski definition) is 0. The number of ether oxygens (including phenoxy) is 1. The highest BCUT2D eigenvalue weighted by molar-refractivity contribution is 7.71. The van der Waals surface area contributed by atoms with E-state index in [1.165, 1.54) is 5.56 Å². The van der Waals surface area contributed by atoms with Gasteiger partial charge in [0, 0.05) is 37.7 Å². The Bertz CT molecular complexity index is 1150.